The highest BCUT2D eigenvalue weighted by Gasteiger charge is 2.38. The van der Waals surface area contributed by atoms with Crippen molar-refractivity contribution in [1.29, 1.82) is 0 Å². The summed E-state index contributed by atoms with van der Waals surface area (Å²) in [6, 6.07) is 12.0. The average Bonchev–Trinajstić information content (AvgIpc) is 2.27. The molecule has 1 aromatic rings. The van der Waals surface area contributed by atoms with Gasteiger partial charge in [-0.05, 0) is 23.3 Å². The van der Waals surface area contributed by atoms with E-state index in [0.29, 0.717) is 18.1 Å². The third kappa shape index (κ3) is 5.07. The molecule has 3 N–H and O–H groups in total. The summed E-state index contributed by atoms with van der Waals surface area (Å²) >= 11 is 0. The molecular formula is C15H29N3Si. The molecule has 4 heteroatoms. The quantitative estimate of drug-likeness (QED) is 0.667. The van der Waals surface area contributed by atoms with E-state index < -0.39 is 8.56 Å². The van der Waals surface area contributed by atoms with Crippen LogP contribution in [0.1, 0.15) is 41.5 Å². The van der Waals surface area contributed by atoms with Crippen LogP contribution in [0.15, 0.2) is 30.3 Å². The predicted octanol–water partition coefficient (Wildman–Crippen LogP) is 1.83. The minimum atomic E-state index is -2.11. The predicted molar refractivity (Wildman–Crippen MR) is 86.6 cm³/mol. The fraction of sp³-hybridized carbons (Fsp3) is 0.600. The van der Waals surface area contributed by atoms with E-state index in [2.05, 4.69) is 86.8 Å². The van der Waals surface area contributed by atoms with Crippen LogP contribution in [0.2, 0.25) is 0 Å². The van der Waals surface area contributed by atoms with Crippen LogP contribution in [0.25, 0.3) is 0 Å². The van der Waals surface area contributed by atoms with Gasteiger partial charge in [-0.25, -0.2) is 0 Å². The summed E-state index contributed by atoms with van der Waals surface area (Å²) in [7, 11) is -2.11. The van der Waals surface area contributed by atoms with Crippen molar-refractivity contribution >= 4 is 13.7 Å². The van der Waals surface area contributed by atoms with Crippen LogP contribution < -0.4 is 20.1 Å². The molecule has 3 nitrogen and oxygen atoms in total. The lowest BCUT2D eigenvalue weighted by atomic mass is 10.4. The number of hydrogen-bond donors (Lipinski definition) is 3. The highest BCUT2D eigenvalue weighted by molar-refractivity contribution is 6.85. The Morgan fingerprint density at radius 3 is 1.37 bits per heavy atom. The van der Waals surface area contributed by atoms with Crippen LogP contribution in [0.5, 0.6) is 0 Å². The summed E-state index contributed by atoms with van der Waals surface area (Å²) in [5.74, 6) is 0. The molecule has 0 aromatic heterocycles. The van der Waals surface area contributed by atoms with Gasteiger partial charge < -0.3 is 14.9 Å². The maximum atomic E-state index is 3.79. The Bertz CT molecular complexity index is 336. The van der Waals surface area contributed by atoms with Gasteiger partial charge in [-0.3, -0.25) is 0 Å². The Kier molecular flexibility index (Phi) is 6.20. The molecule has 1 rings (SSSR count). The van der Waals surface area contributed by atoms with Crippen LogP contribution in [0, 0.1) is 0 Å². The van der Waals surface area contributed by atoms with Gasteiger partial charge in [-0.2, -0.15) is 0 Å². The van der Waals surface area contributed by atoms with Gasteiger partial charge in [-0.15, -0.1) is 0 Å². The summed E-state index contributed by atoms with van der Waals surface area (Å²) in [6.45, 7) is 13.2. The zero-order valence-electron chi connectivity index (χ0n) is 13.1. The third-order valence-corrected chi connectivity index (χ3v) is 6.95. The van der Waals surface area contributed by atoms with Gasteiger partial charge in [0.25, 0.3) is 0 Å². The van der Waals surface area contributed by atoms with Gasteiger partial charge in [0.05, 0.1) is 0 Å². The zero-order chi connectivity index (χ0) is 14.5. The molecule has 19 heavy (non-hydrogen) atoms. The van der Waals surface area contributed by atoms with E-state index in [-0.39, 0.29) is 0 Å². The summed E-state index contributed by atoms with van der Waals surface area (Å²) in [5, 5.41) is 1.35. The smallest absolute Gasteiger partial charge is 0.307 e. The molecule has 0 aliphatic heterocycles. The molecule has 0 fully saturated rings. The van der Waals surface area contributed by atoms with Gasteiger partial charge >= 0.3 is 8.56 Å². The minimum Gasteiger partial charge on any atom is -0.307 e. The van der Waals surface area contributed by atoms with Crippen molar-refractivity contribution in [3.05, 3.63) is 30.3 Å². The molecule has 0 saturated carbocycles. The van der Waals surface area contributed by atoms with E-state index in [0.717, 1.165) is 0 Å². The van der Waals surface area contributed by atoms with Crippen molar-refractivity contribution in [2.24, 2.45) is 0 Å². The first kappa shape index (κ1) is 16.4. The first-order valence-corrected chi connectivity index (χ1v) is 9.24. The van der Waals surface area contributed by atoms with E-state index in [4.69, 9.17) is 0 Å². The van der Waals surface area contributed by atoms with Crippen molar-refractivity contribution in [3.63, 3.8) is 0 Å². The Morgan fingerprint density at radius 1 is 0.684 bits per heavy atom. The number of rotatable bonds is 7. The molecule has 0 aliphatic rings. The molecule has 1 aromatic carbocycles. The Balaban J connectivity index is 3.16. The Hall–Kier alpha value is -0.683. The van der Waals surface area contributed by atoms with Gasteiger partial charge in [0.1, 0.15) is 0 Å². The van der Waals surface area contributed by atoms with E-state index in [1.807, 2.05) is 0 Å². The molecule has 0 spiro atoms. The number of benzene rings is 1. The average molecular weight is 280 g/mol. The van der Waals surface area contributed by atoms with Gasteiger partial charge in [0.2, 0.25) is 0 Å². The van der Waals surface area contributed by atoms with Crippen LogP contribution >= 0.6 is 0 Å². The fourth-order valence-electron chi connectivity index (χ4n) is 2.36. The lowest BCUT2D eigenvalue weighted by Gasteiger charge is -2.38. The van der Waals surface area contributed by atoms with E-state index >= 15 is 0 Å². The summed E-state index contributed by atoms with van der Waals surface area (Å²) < 4.78 is 0. The number of nitrogens with one attached hydrogen (secondary N) is 3. The molecule has 0 atom stereocenters. The minimum absolute atomic E-state index is 0.435. The summed E-state index contributed by atoms with van der Waals surface area (Å²) in [4.78, 5) is 11.4. The molecule has 0 unspecified atom stereocenters. The summed E-state index contributed by atoms with van der Waals surface area (Å²) in [6.07, 6.45) is 0. The molecule has 0 radical (unpaired) electrons. The first-order valence-electron chi connectivity index (χ1n) is 7.24. The fourth-order valence-corrected chi connectivity index (χ4v) is 6.40. The maximum Gasteiger partial charge on any atom is 0.315 e. The SMILES string of the molecule is CC(C)N[Si](NC(C)C)(NC(C)C)c1ccccc1. The van der Waals surface area contributed by atoms with Gasteiger partial charge in [-0.1, -0.05) is 71.9 Å². The van der Waals surface area contributed by atoms with Crippen LogP contribution in [0.3, 0.4) is 0 Å². The van der Waals surface area contributed by atoms with Crippen molar-refractivity contribution in [3.8, 4) is 0 Å². The lowest BCUT2D eigenvalue weighted by Crippen LogP contribution is -2.82. The van der Waals surface area contributed by atoms with E-state index in [1.54, 1.807) is 0 Å². The molecule has 0 saturated heterocycles. The maximum absolute atomic E-state index is 3.79. The van der Waals surface area contributed by atoms with Crippen LogP contribution in [-0.2, 0) is 0 Å². The normalized spacial score (nSPS) is 12.7. The Morgan fingerprint density at radius 2 is 1.05 bits per heavy atom. The van der Waals surface area contributed by atoms with E-state index in [9.17, 15) is 0 Å². The van der Waals surface area contributed by atoms with Gasteiger partial charge in [0.15, 0.2) is 0 Å². The number of hydrogen-bond acceptors (Lipinski definition) is 3. The molecule has 108 valence electrons. The highest BCUT2D eigenvalue weighted by Crippen LogP contribution is 2.00. The standard InChI is InChI=1S/C15H29N3Si/c1-12(2)16-19(17-13(3)4,18-14(5)6)15-10-8-7-9-11-15/h7-14,16-18H,1-6H3. The van der Waals surface area contributed by atoms with E-state index in [1.165, 1.54) is 5.19 Å². The van der Waals surface area contributed by atoms with Crippen molar-refractivity contribution in [1.82, 2.24) is 14.9 Å². The first-order chi connectivity index (χ1) is 8.85. The monoisotopic (exact) mass is 279 g/mol. The topological polar surface area (TPSA) is 36.1 Å². The molecule has 0 aliphatic carbocycles. The zero-order valence-corrected chi connectivity index (χ0v) is 14.1. The second kappa shape index (κ2) is 7.19. The molecule has 0 amide bonds. The van der Waals surface area contributed by atoms with Crippen LogP contribution in [0.4, 0.5) is 0 Å². The molecule has 0 bridgehead atoms. The Labute approximate surface area is 119 Å². The lowest BCUT2D eigenvalue weighted by molar-refractivity contribution is 0.611. The molecule has 0 heterocycles. The van der Waals surface area contributed by atoms with Gasteiger partial charge in [0, 0.05) is 0 Å². The second-order valence-corrected chi connectivity index (χ2v) is 8.96. The largest absolute Gasteiger partial charge is 0.315 e. The molecular weight excluding hydrogens is 250 g/mol. The van der Waals surface area contributed by atoms with Crippen molar-refractivity contribution < 1.29 is 0 Å². The second-order valence-electron chi connectivity index (χ2n) is 6.01. The highest BCUT2D eigenvalue weighted by atomic mass is 28.4. The van der Waals surface area contributed by atoms with Crippen molar-refractivity contribution in [2.75, 3.05) is 0 Å². The van der Waals surface area contributed by atoms with Crippen LogP contribution in [-0.4, -0.2) is 26.7 Å². The third-order valence-electron chi connectivity index (χ3n) is 2.72. The summed E-state index contributed by atoms with van der Waals surface area (Å²) in [5.41, 5.74) is 0. The van der Waals surface area contributed by atoms with Crippen molar-refractivity contribution in [2.45, 2.75) is 59.7 Å².